The lowest BCUT2D eigenvalue weighted by atomic mass is 10.1. The molecule has 5 heteroatoms. The van der Waals surface area contributed by atoms with Gasteiger partial charge in [0.05, 0.1) is 0 Å². The number of hydrogen-bond acceptors (Lipinski definition) is 2. The van der Waals surface area contributed by atoms with Gasteiger partial charge >= 0.3 is 7.60 Å². The summed E-state index contributed by atoms with van der Waals surface area (Å²) in [6.07, 6.45) is 1.38. The zero-order chi connectivity index (χ0) is 11.6. The molecule has 1 aromatic carbocycles. The molecular formula is C11H10NO3P. The van der Waals surface area contributed by atoms with Crippen LogP contribution in [0.3, 0.4) is 0 Å². The Balaban J connectivity index is 2.63. The van der Waals surface area contributed by atoms with Crippen LogP contribution in [0.1, 0.15) is 0 Å². The minimum Gasteiger partial charge on any atom is -0.320 e. The molecule has 0 bridgehead atoms. The third kappa shape index (κ3) is 2.19. The fraction of sp³-hybridized carbons (Fsp3) is 0. The van der Waals surface area contributed by atoms with E-state index in [1.165, 1.54) is 6.20 Å². The summed E-state index contributed by atoms with van der Waals surface area (Å²) in [5.74, 6) is 0. The fourth-order valence-corrected chi connectivity index (χ4v) is 2.21. The van der Waals surface area contributed by atoms with E-state index < -0.39 is 7.60 Å². The molecule has 0 saturated heterocycles. The highest BCUT2D eigenvalue weighted by molar-refractivity contribution is 7.60. The van der Waals surface area contributed by atoms with Crippen molar-refractivity contribution in [2.45, 2.75) is 0 Å². The van der Waals surface area contributed by atoms with Crippen molar-refractivity contribution in [3.63, 3.8) is 0 Å². The molecule has 0 atom stereocenters. The number of hydrogen-bond donors (Lipinski definition) is 2. The summed E-state index contributed by atoms with van der Waals surface area (Å²) >= 11 is 0. The van der Waals surface area contributed by atoms with E-state index in [2.05, 4.69) is 4.98 Å². The first-order valence-electron chi connectivity index (χ1n) is 4.65. The van der Waals surface area contributed by atoms with E-state index in [1.54, 1.807) is 24.3 Å². The first-order chi connectivity index (χ1) is 7.59. The summed E-state index contributed by atoms with van der Waals surface area (Å²) in [5, 5.41) is 0. The second-order valence-corrected chi connectivity index (χ2v) is 4.80. The molecule has 0 spiro atoms. The molecule has 16 heavy (non-hydrogen) atoms. The van der Waals surface area contributed by atoms with Crippen LogP contribution in [0.4, 0.5) is 0 Å². The van der Waals surface area contributed by atoms with Gasteiger partial charge in [0.15, 0.2) is 5.44 Å². The molecule has 2 rings (SSSR count). The Kier molecular flexibility index (Phi) is 2.88. The molecule has 0 amide bonds. The molecule has 0 aliphatic heterocycles. The molecule has 0 aliphatic rings. The second kappa shape index (κ2) is 4.18. The number of benzene rings is 1. The summed E-state index contributed by atoms with van der Waals surface area (Å²) in [6, 6.07) is 12.3. The lowest BCUT2D eigenvalue weighted by Crippen LogP contribution is -2.11. The van der Waals surface area contributed by atoms with Crippen molar-refractivity contribution in [3.05, 3.63) is 48.7 Å². The Labute approximate surface area is 92.8 Å². The number of nitrogens with zero attached hydrogens (tertiary/aromatic N) is 1. The van der Waals surface area contributed by atoms with Crippen LogP contribution in [0.15, 0.2) is 48.7 Å². The minimum absolute atomic E-state index is 0.179. The maximum Gasteiger partial charge on any atom is 0.375 e. The number of pyridine rings is 1. The van der Waals surface area contributed by atoms with Crippen molar-refractivity contribution in [1.29, 1.82) is 0 Å². The topological polar surface area (TPSA) is 70.4 Å². The van der Waals surface area contributed by atoms with Crippen molar-refractivity contribution in [2.75, 3.05) is 0 Å². The second-order valence-electron chi connectivity index (χ2n) is 3.28. The molecule has 0 saturated carbocycles. The van der Waals surface area contributed by atoms with Crippen LogP contribution < -0.4 is 5.44 Å². The van der Waals surface area contributed by atoms with E-state index in [9.17, 15) is 14.4 Å². The molecule has 1 aromatic heterocycles. The maximum absolute atomic E-state index is 11.3. The van der Waals surface area contributed by atoms with Crippen molar-refractivity contribution in [2.24, 2.45) is 0 Å². The van der Waals surface area contributed by atoms with Crippen LogP contribution >= 0.6 is 7.60 Å². The predicted molar refractivity (Wildman–Crippen MR) is 61.4 cm³/mol. The van der Waals surface area contributed by atoms with E-state index in [-0.39, 0.29) is 5.44 Å². The highest BCUT2D eigenvalue weighted by atomic mass is 31.2. The van der Waals surface area contributed by atoms with Crippen LogP contribution in [0.5, 0.6) is 0 Å². The van der Waals surface area contributed by atoms with Crippen LogP contribution in [-0.2, 0) is 4.57 Å². The van der Waals surface area contributed by atoms with Gasteiger partial charge in [0.1, 0.15) is 0 Å². The van der Waals surface area contributed by atoms with Gasteiger partial charge in [0.25, 0.3) is 0 Å². The summed E-state index contributed by atoms with van der Waals surface area (Å²) in [6.45, 7) is 0. The third-order valence-corrected chi connectivity index (χ3v) is 3.06. The Bertz CT molecular complexity index is 536. The van der Waals surface area contributed by atoms with Gasteiger partial charge in [0, 0.05) is 11.8 Å². The lowest BCUT2D eigenvalue weighted by Gasteiger charge is -2.09. The van der Waals surface area contributed by atoms with E-state index in [1.807, 2.05) is 18.2 Å². The van der Waals surface area contributed by atoms with Crippen molar-refractivity contribution in [1.82, 2.24) is 4.98 Å². The monoisotopic (exact) mass is 235 g/mol. The molecule has 4 nitrogen and oxygen atoms in total. The van der Waals surface area contributed by atoms with E-state index in [0.29, 0.717) is 5.56 Å². The molecular weight excluding hydrogens is 225 g/mol. The Morgan fingerprint density at radius 3 is 2.31 bits per heavy atom. The Morgan fingerprint density at radius 2 is 1.69 bits per heavy atom. The summed E-state index contributed by atoms with van der Waals surface area (Å²) in [5.41, 5.74) is 1.03. The van der Waals surface area contributed by atoms with Crippen molar-refractivity contribution < 1.29 is 14.4 Å². The van der Waals surface area contributed by atoms with Crippen LogP contribution in [-0.4, -0.2) is 14.8 Å². The van der Waals surface area contributed by atoms with Gasteiger partial charge < -0.3 is 9.79 Å². The summed E-state index contributed by atoms with van der Waals surface area (Å²) in [7, 11) is -4.33. The normalized spacial score (nSPS) is 11.4. The quantitative estimate of drug-likeness (QED) is 0.775. The first kappa shape index (κ1) is 11.0. The predicted octanol–water partition coefficient (Wildman–Crippen LogP) is 1.55. The molecule has 0 aliphatic carbocycles. The van der Waals surface area contributed by atoms with Crippen LogP contribution in [0.25, 0.3) is 11.1 Å². The maximum atomic E-state index is 11.3. The van der Waals surface area contributed by atoms with Crippen molar-refractivity contribution in [3.8, 4) is 11.1 Å². The first-order valence-corrected chi connectivity index (χ1v) is 6.27. The summed E-state index contributed by atoms with van der Waals surface area (Å²) in [4.78, 5) is 22.1. The highest BCUT2D eigenvalue weighted by Crippen LogP contribution is 2.36. The smallest absolute Gasteiger partial charge is 0.320 e. The van der Waals surface area contributed by atoms with Gasteiger partial charge in [-0.25, -0.2) is 4.98 Å². The number of rotatable bonds is 2. The summed E-state index contributed by atoms with van der Waals surface area (Å²) < 4.78 is 11.3. The molecule has 1 heterocycles. The highest BCUT2D eigenvalue weighted by Gasteiger charge is 2.23. The molecule has 0 radical (unpaired) electrons. The molecule has 2 N–H and O–H groups in total. The zero-order valence-corrected chi connectivity index (χ0v) is 9.21. The van der Waals surface area contributed by atoms with Gasteiger partial charge in [-0.1, -0.05) is 36.4 Å². The molecule has 0 fully saturated rings. The fourth-order valence-electron chi connectivity index (χ4n) is 1.47. The van der Waals surface area contributed by atoms with E-state index in [0.717, 1.165) is 5.56 Å². The van der Waals surface area contributed by atoms with Gasteiger partial charge in [-0.05, 0) is 11.6 Å². The van der Waals surface area contributed by atoms with Crippen LogP contribution in [0.2, 0.25) is 0 Å². The zero-order valence-electron chi connectivity index (χ0n) is 8.32. The van der Waals surface area contributed by atoms with Crippen molar-refractivity contribution >= 4 is 13.0 Å². The Hall–Kier alpha value is -1.48. The van der Waals surface area contributed by atoms with Crippen LogP contribution in [0, 0.1) is 0 Å². The third-order valence-electron chi connectivity index (χ3n) is 2.15. The average molecular weight is 235 g/mol. The average Bonchev–Trinajstić information content (AvgIpc) is 2.29. The number of aromatic nitrogens is 1. The van der Waals surface area contributed by atoms with Gasteiger partial charge in [-0.3, -0.25) is 4.57 Å². The standard InChI is InChI=1S/C11H10NO3P/c13-16(14,15)11-10(7-4-8-12-11)9-5-2-1-3-6-9/h1-8H,(H2,13,14,15). The van der Waals surface area contributed by atoms with Gasteiger partial charge in [-0.15, -0.1) is 0 Å². The minimum atomic E-state index is -4.33. The SMILES string of the molecule is O=P(O)(O)c1ncccc1-c1ccccc1. The molecule has 0 unspecified atom stereocenters. The Morgan fingerprint density at radius 1 is 1.00 bits per heavy atom. The van der Waals surface area contributed by atoms with E-state index >= 15 is 0 Å². The largest absolute Gasteiger partial charge is 0.375 e. The van der Waals surface area contributed by atoms with Gasteiger partial charge in [-0.2, -0.15) is 0 Å². The molecule has 82 valence electrons. The van der Waals surface area contributed by atoms with E-state index in [4.69, 9.17) is 0 Å². The lowest BCUT2D eigenvalue weighted by molar-refractivity contribution is 0.386. The molecule has 2 aromatic rings. The van der Waals surface area contributed by atoms with Gasteiger partial charge in [0.2, 0.25) is 0 Å².